The SMILES string of the molecule is C.C/C(=C\C=C(/C)C(C)(C)C)c1ccccc1.CCCC. The summed E-state index contributed by atoms with van der Waals surface area (Å²) < 4.78 is 0. The fraction of sp³-hybridized carbons (Fsp3) is 0.524. The Labute approximate surface area is 134 Å². The predicted octanol–water partition coefficient (Wildman–Crippen LogP) is 7.52. The van der Waals surface area contributed by atoms with Crippen LogP contribution in [0.1, 0.15) is 74.3 Å². The summed E-state index contributed by atoms with van der Waals surface area (Å²) >= 11 is 0. The zero-order valence-electron chi connectivity index (χ0n) is 14.5. The van der Waals surface area contributed by atoms with E-state index >= 15 is 0 Å². The van der Waals surface area contributed by atoms with Gasteiger partial charge in [0.15, 0.2) is 0 Å². The Balaban J connectivity index is 0. The fourth-order valence-corrected chi connectivity index (χ4v) is 1.30. The molecule has 0 aromatic heterocycles. The number of unbranched alkanes of at least 4 members (excludes halogenated alkanes) is 1. The van der Waals surface area contributed by atoms with Crippen molar-refractivity contribution in [2.24, 2.45) is 5.41 Å². The second-order valence-electron chi connectivity index (χ2n) is 6.32. The molecule has 0 N–H and O–H groups in total. The molecule has 0 spiro atoms. The van der Waals surface area contributed by atoms with Crippen LogP contribution in [0.25, 0.3) is 5.57 Å². The number of hydrogen-bond donors (Lipinski definition) is 0. The molecule has 1 rings (SSSR count). The molecule has 0 heterocycles. The van der Waals surface area contributed by atoms with Crippen molar-refractivity contribution >= 4 is 5.57 Å². The van der Waals surface area contributed by atoms with Gasteiger partial charge < -0.3 is 0 Å². The lowest BCUT2D eigenvalue weighted by molar-refractivity contribution is 0.504. The molecule has 0 amide bonds. The van der Waals surface area contributed by atoms with E-state index in [2.05, 4.69) is 84.9 Å². The summed E-state index contributed by atoms with van der Waals surface area (Å²) in [6.07, 6.45) is 7.07. The molecule has 0 fully saturated rings. The summed E-state index contributed by atoms with van der Waals surface area (Å²) in [7, 11) is 0. The van der Waals surface area contributed by atoms with E-state index in [0.717, 1.165) is 0 Å². The smallest absolute Gasteiger partial charge is 0.0173 e. The average molecular weight is 289 g/mol. The maximum absolute atomic E-state index is 2.24. The van der Waals surface area contributed by atoms with E-state index in [4.69, 9.17) is 0 Å². The Morgan fingerprint density at radius 2 is 1.38 bits per heavy atom. The van der Waals surface area contributed by atoms with Gasteiger partial charge in [0.25, 0.3) is 0 Å². The molecule has 1 aromatic carbocycles. The predicted molar refractivity (Wildman–Crippen MR) is 101 cm³/mol. The number of allylic oxidation sites excluding steroid dienone is 4. The Morgan fingerprint density at radius 1 is 0.905 bits per heavy atom. The van der Waals surface area contributed by atoms with Crippen LogP contribution in [0.3, 0.4) is 0 Å². The highest BCUT2D eigenvalue weighted by Gasteiger charge is 2.11. The third-order valence-corrected chi connectivity index (χ3v) is 3.50. The molecule has 0 bridgehead atoms. The minimum absolute atomic E-state index is 0. The molecule has 0 radical (unpaired) electrons. The van der Waals surface area contributed by atoms with Gasteiger partial charge in [0, 0.05) is 0 Å². The van der Waals surface area contributed by atoms with Crippen LogP contribution in [-0.4, -0.2) is 0 Å². The molecule has 120 valence electrons. The number of benzene rings is 1. The number of rotatable bonds is 3. The highest BCUT2D eigenvalue weighted by molar-refractivity contribution is 5.65. The molecule has 0 saturated carbocycles. The molecular weight excluding hydrogens is 252 g/mol. The molecule has 0 aliphatic heterocycles. The van der Waals surface area contributed by atoms with Gasteiger partial charge in [-0.05, 0) is 30.4 Å². The first-order valence-corrected chi connectivity index (χ1v) is 7.74. The average Bonchev–Trinajstić information content (AvgIpc) is 2.44. The van der Waals surface area contributed by atoms with Crippen LogP contribution >= 0.6 is 0 Å². The van der Waals surface area contributed by atoms with Gasteiger partial charge in [-0.25, -0.2) is 0 Å². The first kappa shape index (κ1) is 22.0. The molecule has 0 nitrogen and oxygen atoms in total. The lowest BCUT2D eigenvalue weighted by Crippen LogP contribution is -2.05. The minimum Gasteiger partial charge on any atom is -0.0776 e. The summed E-state index contributed by atoms with van der Waals surface area (Å²) in [5.41, 5.74) is 4.26. The van der Waals surface area contributed by atoms with Crippen molar-refractivity contribution in [3.05, 3.63) is 53.6 Å². The normalized spacial score (nSPS) is 12.1. The minimum atomic E-state index is 0. The summed E-state index contributed by atoms with van der Waals surface area (Å²) in [5.74, 6) is 0. The summed E-state index contributed by atoms with van der Waals surface area (Å²) in [5, 5.41) is 0. The van der Waals surface area contributed by atoms with Crippen LogP contribution in [0.2, 0.25) is 0 Å². The first-order chi connectivity index (χ1) is 9.32. The molecule has 21 heavy (non-hydrogen) atoms. The van der Waals surface area contributed by atoms with Gasteiger partial charge in [-0.15, -0.1) is 0 Å². The third-order valence-electron chi connectivity index (χ3n) is 3.50. The maximum Gasteiger partial charge on any atom is -0.0173 e. The second-order valence-corrected chi connectivity index (χ2v) is 6.32. The summed E-state index contributed by atoms with van der Waals surface area (Å²) in [6.45, 7) is 15.4. The van der Waals surface area contributed by atoms with Gasteiger partial charge in [0.2, 0.25) is 0 Å². The van der Waals surface area contributed by atoms with Crippen molar-refractivity contribution < 1.29 is 0 Å². The second kappa shape index (κ2) is 11.4. The third kappa shape index (κ3) is 10.1. The molecule has 0 saturated heterocycles. The van der Waals surface area contributed by atoms with Crippen molar-refractivity contribution in [2.45, 2.75) is 68.7 Å². The molecule has 0 aliphatic carbocycles. The van der Waals surface area contributed by atoms with E-state index in [1.54, 1.807) is 0 Å². The van der Waals surface area contributed by atoms with Crippen LogP contribution in [0.5, 0.6) is 0 Å². The quantitative estimate of drug-likeness (QED) is 0.504. The highest BCUT2D eigenvalue weighted by atomic mass is 14.2. The summed E-state index contributed by atoms with van der Waals surface area (Å²) in [4.78, 5) is 0. The lowest BCUT2D eigenvalue weighted by atomic mass is 9.87. The lowest BCUT2D eigenvalue weighted by Gasteiger charge is -2.18. The van der Waals surface area contributed by atoms with Crippen molar-refractivity contribution in [1.29, 1.82) is 0 Å². The van der Waals surface area contributed by atoms with Gasteiger partial charge >= 0.3 is 0 Å². The molecule has 0 unspecified atom stereocenters. The van der Waals surface area contributed by atoms with Gasteiger partial charge in [-0.3, -0.25) is 0 Å². The molecule has 0 aliphatic rings. The van der Waals surface area contributed by atoms with Gasteiger partial charge in [0.1, 0.15) is 0 Å². The van der Waals surface area contributed by atoms with Crippen LogP contribution < -0.4 is 0 Å². The topological polar surface area (TPSA) is 0 Å². The van der Waals surface area contributed by atoms with Gasteiger partial charge in [0.05, 0.1) is 0 Å². The monoisotopic (exact) mass is 288 g/mol. The van der Waals surface area contributed by atoms with E-state index < -0.39 is 0 Å². The first-order valence-electron chi connectivity index (χ1n) is 7.74. The Bertz CT molecular complexity index is 411. The molecular formula is C21H36. The molecule has 1 aromatic rings. The molecule has 0 heteroatoms. The summed E-state index contributed by atoms with van der Waals surface area (Å²) in [6, 6.07) is 10.5. The number of hydrogen-bond acceptors (Lipinski definition) is 0. The zero-order valence-corrected chi connectivity index (χ0v) is 14.5. The largest absolute Gasteiger partial charge is 0.0776 e. The maximum atomic E-state index is 2.24. The van der Waals surface area contributed by atoms with E-state index in [1.165, 1.54) is 29.6 Å². The van der Waals surface area contributed by atoms with Crippen molar-refractivity contribution in [3.8, 4) is 0 Å². The van der Waals surface area contributed by atoms with Crippen LogP contribution in [0.4, 0.5) is 0 Å². The van der Waals surface area contributed by atoms with Gasteiger partial charge in [-0.2, -0.15) is 0 Å². The van der Waals surface area contributed by atoms with E-state index in [-0.39, 0.29) is 12.8 Å². The highest BCUT2D eigenvalue weighted by Crippen LogP contribution is 2.25. The van der Waals surface area contributed by atoms with E-state index in [9.17, 15) is 0 Å². The van der Waals surface area contributed by atoms with Crippen LogP contribution in [0, 0.1) is 5.41 Å². The Hall–Kier alpha value is -1.30. The van der Waals surface area contributed by atoms with Crippen LogP contribution in [-0.2, 0) is 0 Å². The van der Waals surface area contributed by atoms with Gasteiger partial charge in [-0.1, -0.05) is 103 Å². The Kier molecular flexibility index (Phi) is 11.9. The molecule has 0 atom stereocenters. The fourth-order valence-electron chi connectivity index (χ4n) is 1.30. The van der Waals surface area contributed by atoms with E-state index in [1.807, 2.05) is 6.07 Å². The van der Waals surface area contributed by atoms with Crippen molar-refractivity contribution in [3.63, 3.8) is 0 Å². The Morgan fingerprint density at radius 3 is 1.76 bits per heavy atom. The van der Waals surface area contributed by atoms with Crippen molar-refractivity contribution in [2.75, 3.05) is 0 Å². The van der Waals surface area contributed by atoms with Crippen LogP contribution in [0.15, 0.2) is 48.1 Å². The standard InChI is InChI=1S/C16H22.C4H10.CH4/c1-13(15-9-7-6-8-10-15)11-12-14(2)16(3,4)5;1-3-4-2;/h6-12H,1-5H3;3-4H2,1-2H3;1H4/b13-11+,14-12+;;. The van der Waals surface area contributed by atoms with Crippen molar-refractivity contribution in [1.82, 2.24) is 0 Å². The van der Waals surface area contributed by atoms with E-state index in [0.29, 0.717) is 0 Å². The zero-order chi connectivity index (χ0) is 15.6.